The van der Waals surface area contributed by atoms with Crippen molar-refractivity contribution in [2.75, 3.05) is 17.8 Å². The van der Waals surface area contributed by atoms with Crippen LogP contribution < -0.4 is 0 Å². The normalized spacial score (nSPS) is 11.1. The summed E-state index contributed by atoms with van der Waals surface area (Å²) in [4.78, 5) is 0. The van der Waals surface area contributed by atoms with E-state index in [1.54, 1.807) is 0 Å². The van der Waals surface area contributed by atoms with Crippen molar-refractivity contribution in [1.29, 1.82) is 0 Å². The van der Waals surface area contributed by atoms with Gasteiger partial charge in [0.1, 0.15) is 11.5 Å². The Morgan fingerprint density at radius 2 is 1.07 bits per heavy atom. The molecule has 0 aliphatic carbocycles. The average Bonchev–Trinajstić information content (AvgIpc) is 2.19. The largest absolute Gasteiger partial charge is 0.107 e. The summed E-state index contributed by atoms with van der Waals surface area (Å²) in [6, 6.07) is 0. The summed E-state index contributed by atoms with van der Waals surface area (Å²) in [6.45, 7) is 4.58. The molecule has 0 rings (SSSR count). The molecule has 0 atom stereocenters. The predicted molar refractivity (Wildman–Crippen MR) is 71.3 cm³/mol. The standard InChI is InChI=1S/C13H29S/c1-4-6-8-10-12-14(3)13-11-9-7-5-2/h4-13H2,1-3H3/q+1. The lowest BCUT2D eigenvalue weighted by molar-refractivity contribution is 0.698. The highest BCUT2D eigenvalue weighted by molar-refractivity contribution is 7.96. The molecule has 0 saturated heterocycles. The Morgan fingerprint density at radius 3 is 1.43 bits per heavy atom. The van der Waals surface area contributed by atoms with Crippen molar-refractivity contribution < 1.29 is 0 Å². The van der Waals surface area contributed by atoms with Crippen molar-refractivity contribution in [3.05, 3.63) is 0 Å². The van der Waals surface area contributed by atoms with Gasteiger partial charge in [-0.15, -0.1) is 0 Å². The topological polar surface area (TPSA) is 0 Å². The van der Waals surface area contributed by atoms with Gasteiger partial charge in [0, 0.05) is 0 Å². The van der Waals surface area contributed by atoms with Gasteiger partial charge in [-0.05, 0) is 36.6 Å². The third-order valence-electron chi connectivity index (χ3n) is 2.69. The molecule has 86 valence electrons. The van der Waals surface area contributed by atoms with Gasteiger partial charge in [-0.2, -0.15) is 0 Å². The van der Waals surface area contributed by atoms with Crippen LogP contribution in [-0.4, -0.2) is 17.8 Å². The number of hydrogen-bond acceptors (Lipinski definition) is 0. The third-order valence-corrected chi connectivity index (χ3v) is 4.66. The molecule has 0 unspecified atom stereocenters. The van der Waals surface area contributed by atoms with E-state index < -0.39 is 0 Å². The summed E-state index contributed by atoms with van der Waals surface area (Å²) in [5, 5.41) is 0. The van der Waals surface area contributed by atoms with Crippen LogP contribution in [0, 0.1) is 0 Å². The van der Waals surface area contributed by atoms with Gasteiger partial charge in [-0.25, -0.2) is 0 Å². The molecule has 0 fully saturated rings. The molecule has 0 saturated carbocycles. The van der Waals surface area contributed by atoms with E-state index in [0.717, 1.165) is 10.9 Å². The Kier molecular flexibility index (Phi) is 11.7. The van der Waals surface area contributed by atoms with Crippen LogP contribution in [0.15, 0.2) is 0 Å². The third kappa shape index (κ3) is 10.4. The smallest absolute Gasteiger partial charge is 0.0654 e. The first-order valence-electron chi connectivity index (χ1n) is 6.40. The lowest BCUT2D eigenvalue weighted by Crippen LogP contribution is -2.09. The zero-order valence-electron chi connectivity index (χ0n) is 10.5. The van der Waals surface area contributed by atoms with Crippen molar-refractivity contribution in [3.8, 4) is 0 Å². The van der Waals surface area contributed by atoms with E-state index in [1.807, 2.05) is 0 Å². The second kappa shape index (κ2) is 11.4. The van der Waals surface area contributed by atoms with Crippen LogP contribution in [0.3, 0.4) is 0 Å². The van der Waals surface area contributed by atoms with Crippen molar-refractivity contribution in [2.45, 2.75) is 65.2 Å². The highest BCUT2D eigenvalue weighted by Crippen LogP contribution is 2.07. The summed E-state index contributed by atoms with van der Waals surface area (Å²) in [5.74, 6) is 2.98. The molecule has 0 bridgehead atoms. The van der Waals surface area contributed by atoms with Crippen molar-refractivity contribution in [1.82, 2.24) is 0 Å². The Hall–Kier alpha value is 0.350. The van der Waals surface area contributed by atoms with E-state index in [2.05, 4.69) is 20.1 Å². The molecule has 0 spiro atoms. The first-order chi connectivity index (χ1) is 6.81. The fourth-order valence-electron chi connectivity index (χ4n) is 1.65. The summed E-state index contributed by atoms with van der Waals surface area (Å²) in [6.07, 6.45) is 13.9. The molecule has 0 N–H and O–H groups in total. The molecular formula is C13H29S+. The first kappa shape index (κ1) is 14.3. The van der Waals surface area contributed by atoms with Crippen molar-refractivity contribution in [2.24, 2.45) is 0 Å². The van der Waals surface area contributed by atoms with Crippen LogP contribution in [0.4, 0.5) is 0 Å². The second-order valence-corrected chi connectivity index (χ2v) is 6.69. The summed E-state index contributed by atoms with van der Waals surface area (Å²) in [5.41, 5.74) is 0. The zero-order chi connectivity index (χ0) is 10.6. The lowest BCUT2D eigenvalue weighted by atomic mass is 10.2. The van der Waals surface area contributed by atoms with Gasteiger partial charge in [-0.3, -0.25) is 0 Å². The van der Waals surface area contributed by atoms with Crippen LogP contribution in [0.1, 0.15) is 65.2 Å². The second-order valence-electron chi connectivity index (χ2n) is 4.31. The van der Waals surface area contributed by atoms with Gasteiger partial charge in [-0.1, -0.05) is 39.5 Å². The van der Waals surface area contributed by atoms with Crippen LogP contribution in [0.2, 0.25) is 0 Å². The minimum Gasteiger partial charge on any atom is -0.0654 e. The maximum absolute atomic E-state index is 2.46. The molecule has 1 heteroatoms. The Morgan fingerprint density at radius 1 is 0.643 bits per heavy atom. The van der Waals surface area contributed by atoms with E-state index in [4.69, 9.17) is 0 Å². The molecule has 0 aliphatic rings. The fourth-order valence-corrected chi connectivity index (χ4v) is 3.25. The Bertz CT molecular complexity index is 89.4. The highest BCUT2D eigenvalue weighted by atomic mass is 32.2. The predicted octanol–water partition coefficient (Wildman–Crippen LogP) is 4.40. The minimum atomic E-state index is 0.723. The van der Waals surface area contributed by atoms with E-state index in [1.165, 1.54) is 62.9 Å². The fraction of sp³-hybridized carbons (Fsp3) is 1.00. The highest BCUT2D eigenvalue weighted by Gasteiger charge is 2.08. The molecule has 0 aliphatic heterocycles. The van der Waals surface area contributed by atoms with Gasteiger partial charge < -0.3 is 0 Å². The Balaban J connectivity index is 3.07. The van der Waals surface area contributed by atoms with Crippen LogP contribution in [-0.2, 0) is 10.9 Å². The maximum atomic E-state index is 2.46. The molecule has 0 aromatic heterocycles. The first-order valence-corrected chi connectivity index (χ1v) is 8.37. The Labute approximate surface area is 94.2 Å². The van der Waals surface area contributed by atoms with E-state index in [-0.39, 0.29) is 0 Å². The molecule has 0 aromatic carbocycles. The molecule has 0 radical (unpaired) electrons. The SMILES string of the molecule is CCCCCC[S+](C)CCCCCC. The van der Waals surface area contributed by atoms with E-state index in [9.17, 15) is 0 Å². The van der Waals surface area contributed by atoms with Gasteiger partial charge in [0.2, 0.25) is 0 Å². The average molecular weight is 217 g/mol. The molecule has 0 aromatic rings. The zero-order valence-corrected chi connectivity index (χ0v) is 11.3. The monoisotopic (exact) mass is 217 g/mol. The van der Waals surface area contributed by atoms with Gasteiger partial charge in [0.05, 0.1) is 6.26 Å². The number of unbranched alkanes of at least 4 members (excludes halogenated alkanes) is 6. The van der Waals surface area contributed by atoms with Crippen LogP contribution in [0.5, 0.6) is 0 Å². The van der Waals surface area contributed by atoms with Crippen molar-refractivity contribution >= 4 is 10.9 Å². The van der Waals surface area contributed by atoms with Gasteiger partial charge in [0.15, 0.2) is 0 Å². The minimum absolute atomic E-state index is 0.723. The van der Waals surface area contributed by atoms with E-state index in [0.29, 0.717) is 0 Å². The number of hydrogen-bond donors (Lipinski definition) is 0. The molecule has 0 amide bonds. The van der Waals surface area contributed by atoms with Crippen LogP contribution in [0.25, 0.3) is 0 Å². The van der Waals surface area contributed by atoms with E-state index >= 15 is 0 Å². The number of rotatable bonds is 10. The summed E-state index contributed by atoms with van der Waals surface area (Å²) >= 11 is 0. The van der Waals surface area contributed by atoms with Gasteiger partial charge in [0.25, 0.3) is 0 Å². The van der Waals surface area contributed by atoms with Crippen molar-refractivity contribution in [3.63, 3.8) is 0 Å². The maximum Gasteiger partial charge on any atom is 0.107 e. The summed E-state index contributed by atoms with van der Waals surface area (Å²) < 4.78 is 0. The molecule has 0 heterocycles. The lowest BCUT2D eigenvalue weighted by Gasteiger charge is -2.03. The molecule has 14 heavy (non-hydrogen) atoms. The van der Waals surface area contributed by atoms with Crippen LogP contribution >= 0.6 is 0 Å². The van der Waals surface area contributed by atoms with Gasteiger partial charge >= 0.3 is 0 Å². The summed E-state index contributed by atoms with van der Waals surface area (Å²) in [7, 11) is 0.723. The molecule has 0 nitrogen and oxygen atoms in total. The quantitative estimate of drug-likeness (QED) is 0.376. The molecular weight excluding hydrogens is 188 g/mol.